The number of hydrogen-bond acceptors (Lipinski definition) is 3. The van der Waals surface area contributed by atoms with Gasteiger partial charge < -0.3 is 9.88 Å². The van der Waals surface area contributed by atoms with Crippen LogP contribution in [0.3, 0.4) is 0 Å². The summed E-state index contributed by atoms with van der Waals surface area (Å²) in [6, 6.07) is 1.81. The first kappa shape index (κ1) is 17.2. The standard InChI is InChI=1S/C17H27N5O/c1-6-8-13(16-18-9-10-21(16)5)19-17(23)15-11-14(12(3)4)20-22(15)7-2/h9-13H,6-8H2,1-5H3,(H,19,23). The first-order chi connectivity index (χ1) is 11.0. The van der Waals surface area contributed by atoms with E-state index in [1.54, 1.807) is 10.9 Å². The molecule has 0 fully saturated rings. The molecule has 1 N–H and O–H groups in total. The molecule has 0 spiro atoms. The van der Waals surface area contributed by atoms with Gasteiger partial charge in [0.25, 0.3) is 5.91 Å². The van der Waals surface area contributed by atoms with Crippen molar-refractivity contribution in [2.45, 2.75) is 59.0 Å². The Kier molecular flexibility index (Phi) is 5.58. The van der Waals surface area contributed by atoms with Crippen molar-refractivity contribution < 1.29 is 4.79 Å². The summed E-state index contributed by atoms with van der Waals surface area (Å²) in [7, 11) is 1.95. The molecule has 126 valence electrons. The third-order valence-electron chi connectivity index (χ3n) is 3.98. The SMILES string of the molecule is CCCC(NC(=O)c1cc(C(C)C)nn1CC)c1nccn1C. The van der Waals surface area contributed by atoms with E-state index in [-0.39, 0.29) is 11.9 Å². The fourth-order valence-electron chi connectivity index (χ4n) is 2.64. The van der Waals surface area contributed by atoms with Crippen LogP contribution in [0.4, 0.5) is 0 Å². The van der Waals surface area contributed by atoms with Crippen molar-refractivity contribution in [3.63, 3.8) is 0 Å². The quantitative estimate of drug-likeness (QED) is 0.853. The Bertz CT molecular complexity index is 656. The third kappa shape index (κ3) is 3.81. The number of amides is 1. The van der Waals surface area contributed by atoms with Gasteiger partial charge in [0, 0.05) is 26.0 Å². The van der Waals surface area contributed by atoms with Gasteiger partial charge in [-0.05, 0) is 25.3 Å². The van der Waals surface area contributed by atoms with Crippen LogP contribution in [-0.4, -0.2) is 25.2 Å². The highest BCUT2D eigenvalue weighted by Gasteiger charge is 2.22. The van der Waals surface area contributed by atoms with E-state index in [9.17, 15) is 4.79 Å². The molecule has 2 rings (SSSR count). The van der Waals surface area contributed by atoms with Crippen LogP contribution in [-0.2, 0) is 13.6 Å². The van der Waals surface area contributed by atoms with E-state index in [4.69, 9.17) is 0 Å². The lowest BCUT2D eigenvalue weighted by atomic mass is 10.1. The van der Waals surface area contributed by atoms with Crippen LogP contribution in [0, 0.1) is 0 Å². The first-order valence-corrected chi connectivity index (χ1v) is 8.33. The number of imidazole rings is 1. The molecule has 6 heteroatoms. The van der Waals surface area contributed by atoms with Crippen LogP contribution in [0.15, 0.2) is 18.5 Å². The van der Waals surface area contributed by atoms with E-state index in [0.29, 0.717) is 18.2 Å². The second-order valence-corrected chi connectivity index (χ2v) is 6.14. The zero-order valence-electron chi connectivity index (χ0n) is 14.7. The number of nitrogens with zero attached hydrogens (tertiary/aromatic N) is 4. The van der Waals surface area contributed by atoms with Gasteiger partial charge in [0.05, 0.1) is 11.7 Å². The van der Waals surface area contributed by atoms with Crippen molar-refractivity contribution in [3.8, 4) is 0 Å². The molecule has 1 atom stereocenters. The Hall–Kier alpha value is -2.11. The molecular formula is C17H27N5O. The third-order valence-corrected chi connectivity index (χ3v) is 3.98. The zero-order chi connectivity index (χ0) is 17.0. The van der Waals surface area contributed by atoms with Gasteiger partial charge in [-0.25, -0.2) is 4.98 Å². The van der Waals surface area contributed by atoms with Crippen LogP contribution in [0.2, 0.25) is 0 Å². The Morgan fingerprint density at radius 1 is 1.35 bits per heavy atom. The van der Waals surface area contributed by atoms with Gasteiger partial charge in [0.1, 0.15) is 11.5 Å². The topological polar surface area (TPSA) is 64.7 Å². The highest BCUT2D eigenvalue weighted by atomic mass is 16.2. The van der Waals surface area contributed by atoms with Crippen LogP contribution in [0.1, 0.15) is 74.5 Å². The molecular weight excluding hydrogens is 290 g/mol. The average molecular weight is 317 g/mol. The van der Waals surface area contributed by atoms with Gasteiger partial charge in [0.15, 0.2) is 0 Å². The number of aromatic nitrogens is 4. The van der Waals surface area contributed by atoms with Gasteiger partial charge in [-0.2, -0.15) is 5.10 Å². The van der Waals surface area contributed by atoms with Gasteiger partial charge in [-0.1, -0.05) is 27.2 Å². The number of hydrogen-bond donors (Lipinski definition) is 1. The van der Waals surface area contributed by atoms with Crippen molar-refractivity contribution in [2.75, 3.05) is 0 Å². The van der Waals surface area contributed by atoms with Gasteiger partial charge in [-0.3, -0.25) is 9.48 Å². The summed E-state index contributed by atoms with van der Waals surface area (Å²) in [5, 5.41) is 7.64. The van der Waals surface area contributed by atoms with Crippen molar-refractivity contribution in [2.24, 2.45) is 7.05 Å². The molecule has 1 unspecified atom stereocenters. The lowest BCUT2D eigenvalue weighted by molar-refractivity contribution is 0.0921. The molecule has 0 aromatic carbocycles. The molecule has 23 heavy (non-hydrogen) atoms. The first-order valence-electron chi connectivity index (χ1n) is 8.33. The van der Waals surface area contributed by atoms with E-state index in [1.165, 1.54) is 0 Å². The summed E-state index contributed by atoms with van der Waals surface area (Å²) in [6.07, 6.45) is 5.49. The summed E-state index contributed by atoms with van der Waals surface area (Å²) in [6.45, 7) is 8.94. The molecule has 0 radical (unpaired) electrons. The highest BCUT2D eigenvalue weighted by Crippen LogP contribution is 2.19. The van der Waals surface area contributed by atoms with Crippen molar-refractivity contribution in [1.29, 1.82) is 0 Å². The normalized spacial score (nSPS) is 12.6. The van der Waals surface area contributed by atoms with Gasteiger partial charge >= 0.3 is 0 Å². The molecule has 2 heterocycles. The molecule has 0 saturated heterocycles. The maximum atomic E-state index is 12.7. The summed E-state index contributed by atoms with van der Waals surface area (Å²) >= 11 is 0. The maximum absolute atomic E-state index is 12.7. The molecule has 0 bridgehead atoms. The van der Waals surface area contributed by atoms with Crippen LogP contribution >= 0.6 is 0 Å². The molecule has 0 aliphatic rings. The van der Waals surface area contributed by atoms with E-state index < -0.39 is 0 Å². The number of carbonyl (C=O) groups excluding carboxylic acids is 1. The lowest BCUT2D eigenvalue weighted by Gasteiger charge is -2.18. The fourth-order valence-corrected chi connectivity index (χ4v) is 2.64. The molecule has 0 aliphatic carbocycles. The molecule has 2 aromatic heterocycles. The summed E-state index contributed by atoms with van der Waals surface area (Å²) in [4.78, 5) is 17.1. The Labute approximate surface area is 137 Å². The van der Waals surface area contributed by atoms with Crippen molar-refractivity contribution >= 4 is 5.91 Å². The molecule has 6 nitrogen and oxygen atoms in total. The fraction of sp³-hybridized carbons (Fsp3) is 0.588. The molecule has 0 saturated carbocycles. The molecule has 2 aromatic rings. The van der Waals surface area contributed by atoms with Crippen LogP contribution in [0.5, 0.6) is 0 Å². The van der Waals surface area contributed by atoms with E-state index in [1.807, 2.05) is 30.8 Å². The Morgan fingerprint density at radius 2 is 2.09 bits per heavy atom. The minimum atomic E-state index is -0.0901. The number of carbonyl (C=O) groups is 1. The zero-order valence-corrected chi connectivity index (χ0v) is 14.7. The van der Waals surface area contributed by atoms with Crippen LogP contribution < -0.4 is 5.32 Å². The van der Waals surface area contributed by atoms with Crippen molar-refractivity contribution in [3.05, 3.63) is 35.7 Å². The van der Waals surface area contributed by atoms with E-state index in [2.05, 4.69) is 36.2 Å². The predicted octanol–water partition coefficient (Wildman–Crippen LogP) is 3.03. The highest BCUT2D eigenvalue weighted by molar-refractivity contribution is 5.93. The van der Waals surface area contributed by atoms with Gasteiger partial charge in [0.2, 0.25) is 0 Å². The summed E-state index contributed by atoms with van der Waals surface area (Å²) in [5.41, 5.74) is 1.56. The van der Waals surface area contributed by atoms with E-state index >= 15 is 0 Å². The van der Waals surface area contributed by atoms with Crippen LogP contribution in [0.25, 0.3) is 0 Å². The number of nitrogens with one attached hydrogen (secondary N) is 1. The molecule has 1 amide bonds. The monoisotopic (exact) mass is 317 g/mol. The Balaban J connectivity index is 2.24. The lowest BCUT2D eigenvalue weighted by Crippen LogP contribution is -2.31. The minimum Gasteiger partial charge on any atom is -0.341 e. The summed E-state index contributed by atoms with van der Waals surface area (Å²) < 4.78 is 3.73. The number of aryl methyl sites for hydroxylation is 2. The number of rotatable bonds is 7. The predicted molar refractivity (Wildman–Crippen MR) is 90.3 cm³/mol. The molecule has 0 aliphatic heterocycles. The Morgan fingerprint density at radius 3 is 2.61 bits per heavy atom. The second-order valence-electron chi connectivity index (χ2n) is 6.14. The smallest absolute Gasteiger partial charge is 0.270 e. The van der Waals surface area contributed by atoms with Crippen molar-refractivity contribution in [1.82, 2.24) is 24.6 Å². The summed E-state index contributed by atoms with van der Waals surface area (Å²) in [5.74, 6) is 1.09. The maximum Gasteiger partial charge on any atom is 0.270 e. The minimum absolute atomic E-state index is 0.0878. The average Bonchev–Trinajstić information content (AvgIpc) is 3.12. The second kappa shape index (κ2) is 7.44. The largest absolute Gasteiger partial charge is 0.341 e. The van der Waals surface area contributed by atoms with Gasteiger partial charge in [-0.15, -0.1) is 0 Å². The van der Waals surface area contributed by atoms with E-state index in [0.717, 1.165) is 24.4 Å².